The predicted molar refractivity (Wildman–Crippen MR) is 152 cm³/mol. The normalized spacial score (nSPS) is 12.7. The Morgan fingerprint density at radius 1 is 0.657 bits per heavy atom. The Hall–Kier alpha value is -3.19. The summed E-state index contributed by atoms with van der Waals surface area (Å²) in [5.41, 5.74) is 7.11. The molecule has 178 valence electrons. The van der Waals surface area contributed by atoms with Gasteiger partial charge < -0.3 is 0 Å². The molecule has 0 atom stereocenters. The molecule has 0 saturated carbocycles. The first-order chi connectivity index (χ1) is 16.5. The van der Waals surface area contributed by atoms with Gasteiger partial charge in [-0.3, -0.25) is 0 Å². The SMILES string of the molecule is Cc1c(-c2c3ccc4c(CC(C)(C)C)cccc4c3cc[n+]2C)cc(C(C)(C)C)c2ccccc12. The molecular formula is C34H38N+. The molecule has 1 heterocycles. The minimum atomic E-state index is 0.0553. The van der Waals surface area contributed by atoms with Crippen LogP contribution in [0.1, 0.15) is 58.2 Å². The molecule has 0 N–H and O–H groups in total. The Morgan fingerprint density at radius 2 is 1.29 bits per heavy atom. The van der Waals surface area contributed by atoms with E-state index in [1.165, 1.54) is 60.3 Å². The molecule has 0 aliphatic heterocycles. The van der Waals surface area contributed by atoms with Crippen molar-refractivity contribution in [2.75, 3.05) is 0 Å². The Bertz CT molecular complexity index is 1590. The van der Waals surface area contributed by atoms with Crippen LogP contribution in [0.3, 0.4) is 0 Å². The van der Waals surface area contributed by atoms with Crippen molar-refractivity contribution in [3.05, 3.63) is 89.6 Å². The van der Waals surface area contributed by atoms with Crippen molar-refractivity contribution in [3.8, 4) is 11.3 Å². The van der Waals surface area contributed by atoms with E-state index in [2.05, 4.69) is 133 Å². The van der Waals surface area contributed by atoms with Gasteiger partial charge >= 0.3 is 0 Å². The molecule has 35 heavy (non-hydrogen) atoms. The molecule has 0 fully saturated rings. The maximum absolute atomic E-state index is 2.45. The molecule has 0 aliphatic rings. The Balaban J connectivity index is 1.86. The summed E-state index contributed by atoms with van der Waals surface area (Å²) in [4.78, 5) is 0. The molecule has 4 aromatic carbocycles. The summed E-state index contributed by atoms with van der Waals surface area (Å²) in [7, 11) is 2.18. The van der Waals surface area contributed by atoms with Crippen LogP contribution < -0.4 is 4.57 Å². The fourth-order valence-corrected chi connectivity index (χ4v) is 5.73. The molecule has 0 amide bonds. The van der Waals surface area contributed by atoms with Crippen molar-refractivity contribution in [2.24, 2.45) is 12.5 Å². The molecule has 5 rings (SSSR count). The molecule has 1 aromatic heterocycles. The van der Waals surface area contributed by atoms with Gasteiger partial charge in [-0.15, -0.1) is 0 Å². The average molecular weight is 461 g/mol. The van der Waals surface area contributed by atoms with Crippen LogP contribution in [0.25, 0.3) is 43.6 Å². The summed E-state index contributed by atoms with van der Waals surface area (Å²) < 4.78 is 2.30. The van der Waals surface area contributed by atoms with Crippen LogP contribution in [0.4, 0.5) is 0 Å². The summed E-state index contributed by atoms with van der Waals surface area (Å²) in [6.45, 7) is 16.2. The van der Waals surface area contributed by atoms with Gasteiger partial charge in [-0.05, 0) is 74.5 Å². The summed E-state index contributed by atoms with van der Waals surface area (Å²) in [6, 6.07) is 25.2. The highest BCUT2D eigenvalue weighted by molar-refractivity contribution is 6.12. The van der Waals surface area contributed by atoms with E-state index >= 15 is 0 Å². The average Bonchev–Trinajstić information content (AvgIpc) is 2.78. The largest absolute Gasteiger partial charge is 0.220 e. The van der Waals surface area contributed by atoms with Crippen LogP contribution >= 0.6 is 0 Å². The molecule has 0 bridgehead atoms. The van der Waals surface area contributed by atoms with Gasteiger partial charge in [0.15, 0.2) is 6.20 Å². The minimum absolute atomic E-state index is 0.0553. The van der Waals surface area contributed by atoms with E-state index in [0.29, 0.717) is 0 Å². The number of pyridine rings is 1. The molecule has 0 spiro atoms. The lowest BCUT2D eigenvalue weighted by Gasteiger charge is -2.24. The molecule has 0 aliphatic carbocycles. The van der Waals surface area contributed by atoms with Gasteiger partial charge in [-0.2, -0.15) is 0 Å². The van der Waals surface area contributed by atoms with E-state index in [4.69, 9.17) is 0 Å². The van der Waals surface area contributed by atoms with Gasteiger partial charge in [0.05, 0.1) is 10.9 Å². The molecule has 0 unspecified atom stereocenters. The lowest BCUT2D eigenvalue weighted by molar-refractivity contribution is -0.659. The highest BCUT2D eigenvalue weighted by Gasteiger charge is 2.25. The summed E-state index contributed by atoms with van der Waals surface area (Å²) in [6.07, 6.45) is 3.31. The number of aromatic nitrogens is 1. The topological polar surface area (TPSA) is 3.88 Å². The third-order valence-electron chi connectivity index (χ3n) is 7.36. The van der Waals surface area contributed by atoms with Crippen molar-refractivity contribution < 1.29 is 4.57 Å². The van der Waals surface area contributed by atoms with Gasteiger partial charge in [-0.1, -0.05) is 90.1 Å². The highest BCUT2D eigenvalue weighted by Crippen LogP contribution is 2.40. The molecule has 5 aromatic rings. The van der Waals surface area contributed by atoms with Gasteiger partial charge in [0.1, 0.15) is 7.05 Å². The minimum Gasteiger partial charge on any atom is -0.200 e. The number of fused-ring (bicyclic) bond motifs is 4. The zero-order valence-corrected chi connectivity index (χ0v) is 22.6. The zero-order valence-electron chi connectivity index (χ0n) is 22.6. The third kappa shape index (κ3) is 4.12. The summed E-state index contributed by atoms with van der Waals surface area (Å²) in [5, 5.41) is 8.08. The van der Waals surface area contributed by atoms with Crippen LogP contribution in [-0.4, -0.2) is 0 Å². The zero-order chi connectivity index (χ0) is 25.1. The van der Waals surface area contributed by atoms with E-state index in [0.717, 1.165) is 6.42 Å². The number of hydrogen-bond acceptors (Lipinski definition) is 0. The van der Waals surface area contributed by atoms with E-state index in [9.17, 15) is 0 Å². The lowest BCUT2D eigenvalue weighted by Crippen LogP contribution is -2.31. The van der Waals surface area contributed by atoms with Crippen molar-refractivity contribution in [1.82, 2.24) is 0 Å². The molecular weight excluding hydrogens is 422 g/mol. The number of hydrogen-bond donors (Lipinski definition) is 0. The van der Waals surface area contributed by atoms with E-state index in [1.807, 2.05) is 0 Å². The molecule has 0 radical (unpaired) electrons. The second-order valence-corrected chi connectivity index (χ2v) is 12.4. The van der Waals surface area contributed by atoms with Gasteiger partial charge in [0, 0.05) is 11.5 Å². The quantitative estimate of drug-likeness (QED) is 0.183. The second kappa shape index (κ2) is 8.19. The van der Waals surface area contributed by atoms with Crippen molar-refractivity contribution in [3.63, 3.8) is 0 Å². The first-order valence-electron chi connectivity index (χ1n) is 12.8. The summed E-state index contributed by atoms with van der Waals surface area (Å²) in [5.74, 6) is 0. The number of rotatable bonds is 2. The van der Waals surface area contributed by atoms with Crippen LogP contribution in [0.15, 0.2) is 72.9 Å². The van der Waals surface area contributed by atoms with Crippen LogP contribution in [0, 0.1) is 12.3 Å². The second-order valence-electron chi connectivity index (χ2n) is 12.4. The van der Waals surface area contributed by atoms with E-state index in [-0.39, 0.29) is 10.8 Å². The maximum atomic E-state index is 2.45. The van der Waals surface area contributed by atoms with Crippen LogP contribution in [-0.2, 0) is 18.9 Å². The van der Waals surface area contributed by atoms with Crippen molar-refractivity contribution in [2.45, 2.75) is 60.3 Å². The van der Waals surface area contributed by atoms with E-state index < -0.39 is 0 Å². The lowest BCUT2D eigenvalue weighted by atomic mass is 9.80. The predicted octanol–water partition coefficient (Wildman–Crippen LogP) is 8.83. The fraction of sp³-hybridized carbons (Fsp3) is 0.324. The first-order valence-corrected chi connectivity index (χ1v) is 12.8. The smallest absolute Gasteiger partial charge is 0.200 e. The van der Waals surface area contributed by atoms with E-state index in [1.54, 1.807) is 0 Å². The number of benzene rings is 4. The number of aryl methyl sites for hydroxylation is 2. The Labute approximate surface area is 210 Å². The summed E-state index contributed by atoms with van der Waals surface area (Å²) >= 11 is 0. The molecule has 1 heteroatoms. The van der Waals surface area contributed by atoms with Crippen molar-refractivity contribution in [1.29, 1.82) is 0 Å². The fourth-order valence-electron chi connectivity index (χ4n) is 5.73. The highest BCUT2D eigenvalue weighted by atomic mass is 14.9. The number of nitrogens with zero attached hydrogens (tertiary/aromatic N) is 1. The van der Waals surface area contributed by atoms with Gasteiger partial charge in [0.25, 0.3) is 0 Å². The maximum Gasteiger partial charge on any atom is 0.220 e. The van der Waals surface area contributed by atoms with Gasteiger partial charge in [0.2, 0.25) is 5.69 Å². The monoisotopic (exact) mass is 460 g/mol. The van der Waals surface area contributed by atoms with Crippen LogP contribution in [0.2, 0.25) is 0 Å². The standard InChI is InChI=1S/C34H38N/c1-22-24-13-9-10-14-28(24)31(34(5,6)7)20-30(22)32-29-17-16-25-23(21-33(2,3)4)12-11-15-26(25)27(29)18-19-35(32)8/h9-20H,21H2,1-8H3/q+1. The molecule has 1 nitrogen and oxygen atoms in total. The first kappa shape index (κ1) is 23.5. The van der Waals surface area contributed by atoms with Gasteiger partial charge in [-0.25, -0.2) is 4.57 Å². The van der Waals surface area contributed by atoms with Crippen molar-refractivity contribution >= 4 is 32.3 Å². The Kier molecular flexibility index (Phi) is 5.51. The third-order valence-corrected chi connectivity index (χ3v) is 7.36. The molecule has 0 saturated heterocycles. The Morgan fingerprint density at radius 3 is 1.97 bits per heavy atom. The van der Waals surface area contributed by atoms with Crippen LogP contribution in [0.5, 0.6) is 0 Å².